The monoisotopic (exact) mass is 294 g/mol. The average Bonchev–Trinajstić information content (AvgIpc) is 2.93. The van der Waals surface area contributed by atoms with Gasteiger partial charge in [-0.3, -0.25) is 4.79 Å². The van der Waals surface area contributed by atoms with Gasteiger partial charge in [-0.2, -0.15) is 0 Å². The van der Waals surface area contributed by atoms with Gasteiger partial charge < -0.3 is 0 Å². The molecule has 0 fully saturated rings. The third-order valence-electron chi connectivity index (χ3n) is 3.45. The summed E-state index contributed by atoms with van der Waals surface area (Å²) in [7, 11) is 0. The maximum Gasteiger partial charge on any atom is 0.297 e. The standard InChI is InChI=1S/C14H22N4OS/c1-2-3-4-5-6-7-8-9-10-18-14(19)12-13(16-17-18)20-11-15-12/h11H,2-10H2,1H3. The van der Waals surface area contributed by atoms with E-state index in [1.807, 2.05) is 0 Å². The molecule has 0 radical (unpaired) electrons. The van der Waals surface area contributed by atoms with Gasteiger partial charge in [-0.25, -0.2) is 9.67 Å². The van der Waals surface area contributed by atoms with Crippen molar-refractivity contribution in [1.82, 2.24) is 20.0 Å². The summed E-state index contributed by atoms with van der Waals surface area (Å²) < 4.78 is 1.44. The van der Waals surface area contributed by atoms with E-state index in [1.54, 1.807) is 5.51 Å². The lowest BCUT2D eigenvalue weighted by Crippen LogP contribution is -2.24. The van der Waals surface area contributed by atoms with E-state index in [9.17, 15) is 4.79 Å². The molecule has 0 saturated carbocycles. The van der Waals surface area contributed by atoms with Crippen LogP contribution in [0.4, 0.5) is 0 Å². The number of hydrogen-bond acceptors (Lipinski definition) is 5. The normalized spacial score (nSPS) is 11.2. The zero-order chi connectivity index (χ0) is 14.2. The summed E-state index contributed by atoms with van der Waals surface area (Å²) in [6.07, 6.45) is 9.99. The van der Waals surface area contributed by atoms with Crippen molar-refractivity contribution >= 4 is 21.7 Å². The van der Waals surface area contributed by atoms with E-state index in [4.69, 9.17) is 0 Å². The fraction of sp³-hybridized carbons (Fsp3) is 0.714. The molecule has 0 spiro atoms. The Labute approximate surface area is 123 Å². The lowest BCUT2D eigenvalue weighted by Gasteiger charge is -2.03. The molecule has 5 nitrogen and oxygen atoms in total. The summed E-state index contributed by atoms with van der Waals surface area (Å²) >= 11 is 1.35. The second kappa shape index (κ2) is 8.09. The molecule has 2 heterocycles. The first-order chi connectivity index (χ1) is 9.83. The van der Waals surface area contributed by atoms with Gasteiger partial charge in [0.05, 0.1) is 5.51 Å². The third-order valence-corrected chi connectivity index (χ3v) is 4.16. The summed E-state index contributed by atoms with van der Waals surface area (Å²) in [6.45, 7) is 2.88. The average molecular weight is 294 g/mol. The molecule has 0 amide bonds. The smallest absolute Gasteiger partial charge is 0.265 e. The summed E-state index contributed by atoms with van der Waals surface area (Å²) in [5, 5.41) is 7.98. The highest BCUT2D eigenvalue weighted by Crippen LogP contribution is 2.10. The van der Waals surface area contributed by atoms with Crippen LogP contribution < -0.4 is 5.56 Å². The first-order valence-electron chi connectivity index (χ1n) is 7.50. The van der Waals surface area contributed by atoms with Gasteiger partial charge in [0, 0.05) is 6.54 Å². The minimum atomic E-state index is -0.112. The van der Waals surface area contributed by atoms with Crippen LogP contribution in [0.1, 0.15) is 58.3 Å². The van der Waals surface area contributed by atoms with Gasteiger partial charge in [0.15, 0.2) is 10.3 Å². The Morgan fingerprint density at radius 1 is 1.10 bits per heavy atom. The maximum absolute atomic E-state index is 12.0. The van der Waals surface area contributed by atoms with Crippen molar-refractivity contribution in [1.29, 1.82) is 0 Å². The van der Waals surface area contributed by atoms with E-state index in [0.29, 0.717) is 16.9 Å². The van der Waals surface area contributed by atoms with Crippen LogP contribution in [-0.2, 0) is 6.54 Å². The Hall–Kier alpha value is -1.30. The van der Waals surface area contributed by atoms with E-state index in [1.165, 1.54) is 54.5 Å². The minimum Gasteiger partial charge on any atom is -0.265 e. The van der Waals surface area contributed by atoms with Crippen LogP contribution in [0.2, 0.25) is 0 Å². The first-order valence-corrected chi connectivity index (χ1v) is 8.38. The molecule has 0 atom stereocenters. The minimum absolute atomic E-state index is 0.112. The van der Waals surface area contributed by atoms with E-state index in [0.717, 1.165) is 12.8 Å². The number of thiazole rings is 1. The SMILES string of the molecule is CCCCCCCCCCn1nnc2scnc2c1=O. The quantitative estimate of drug-likeness (QED) is 0.665. The van der Waals surface area contributed by atoms with Crippen LogP contribution in [0, 0.1) is 0 Å². The highest BCUT2D eigenvalue weighted by molar-refractivity contribution is 7.16. The number of aryl methyl sites for hydroxylation is 1. The highest BCUT2D eigenvalue weighted by atomic mass is 32.1. The van der Waals surface area contributed by atoms with E-state index >= 15 is 0 Å². The first kappa shape index (κ1) is 15.1. The molecule has 0 aliphatic carbocycles. The molecule has 2 aromatic rings. The van der Waals surface area contributed by atoms with Crippen molar-refractivity contribution in [2.24, 2.45) is 0 Å². The molecule has 20 heavy (non-hydrogen) atoms. The predicted molar refractivity (Wildman–Crippen MR) is 82.1 cm³/mol. The Kier molecular flexibility index (Phi) is 6.11. The van der Waals surface area contributed by atoms with E-state index in [2.05, 4.69) is 22.2 Å². The van der Waals surface area contributed by atoms with Crippen LogP contribution in [0.3, 0.4) is 0 Å². The van der Waals surface area contributed by atoms with Crippen molar-refractivity contribution in [3.8, 4) is 0 Å². The van der Waals surface area contributed by atoms with E-state index in [-0.39, 0.29) is 5.56 Å². The molecule has 0 bridgehead atoms. The van der Waals surface area contributed by atoms with Crippen molar-refractivity contribution in [2.45, 2.75) is 64.8 Å². The number of fused-ring (bicyclic) bond motifs is 1. The van der Waals surface area contributed by atoms with Gasteiger partial charge >= 0.3 is 0 Å². The number of rotatable bonds is 9. The highest BCUT2D eigenvalue weighted by Gasteiger charge is 2.07. The molecular formula is C14H22N4OS. The van der Waals surface area contributed by atoms with Crippen LogP contribution in [0.15, 0.2) is 10.3 Å². The van der Waals surface area contributed by atoms with Crippen LogP contribution in [0.25, 0.3) is 10.3 Å². The predicted octanol–water partition coefficient (Wildman–Crippen LogP) is 3.39. The Balaban J connectivity index is 1.71. The molecule has 2 rings (SSSR count). The van der Waals surface area contributed by atoms with Crippen molar-refractivity contribution in [3.05, 3.63) is 15.9 Å². The zero-order valence-corrected chi connectivity index (χ0v) is 12.9. The number of hydrogen-bond donors (Lipinski definition) is 0. The van der Waals surface area contributed by atoms with Gasteiger partial charge in [0.25, 0.3) is 5.56 Å². The molecule has 0 aromatic carbocycles. The summed E-state index contributed by atoms with van der Waals surface area (Å²) in [5.74, 6) is 0. The van der Waals surface area contributed by atoms with Gasteiger partial charge in [-0.15, -0.1) is 16.4 Å². The summed E-state index contributed by atoms with van der Waals surface area (Å²) in [5.41, 5.74) is 1.98. The Morgan fingerprint density at radius 3 is 2.55 bits per heavy atom. The van der Waals surface area contributed by atoms with Crippen molar-refractivity contribution in [2.75, 3.05) is 0 Å². The molecular weight excluding hydrogens is 272 g/mol. The second-order valence-corrected chi connectivity index (χ2v) is 5.93. The fourth-order valence-electron chi connectivity index (χ4n) is 2.26. The van der Waals surface area contributed by atoms with Crippen molar-refractivity contribution in [3.63, 3.8) is 0 Å². The van der Waals surface area contributed by atoms with Crippen LogP contribution >= 0.6 is 11.3 Å². The lowest BCUT2D eigenvalue weighted by atomic mass is 10.1. The van der Waals surface area contributed by atoms with Gasteiger partial charge in [0.2, 0.25) is 0 Å². The van der Waals surface area contributed by atoms with E-state index < -0.39 is 0 Å². The van der Waals surface area contributed by atoms with Gasteiger partial charge in [0.1, 0.15) is 0 Å². The molecule has 6 heteroatoms. The Bertz CT molecular complexity index is 578. The summed E-state index contributed by atoms with van der Waals surface area (Å²) in [6, 6.07) is 0. The molecule has 0 aliphatic rings. The molecule has 0 aliphatic heterocycles. The Morgan fingerprint density at radius 2 is 1.80 bits per heavy atom. The number of unbranched alkanes of at least 4 members (excludes halogenated alkanes) is 7. The topological polar surface area (TPSA) is 60.7 Å². The number of aromatic nitrogens is 4. The fourth-order valence-corrected chi connectivity index (χ4v) is 2.85. The molecule has 2 aromatic heterocycles. The van der Waals surface area contributed by atoms with Gasteiger partial charge in [-0.05, 0) is 6.42 Å². The van der Waals surface area contributed by atoms with Crippen LogP contribution in [0.5, 0.6) is 0 Å². The molecule has 0 N–H and O–H groups in total. The zero-order valence-electron chi connectivity index (χ0n) is 12.0. The largest absolute Gasteiger partial charge is 0.297 e. The summed E-state index contributed by atoms with van der Waals surface area (Å²) in [4.78, 5) is 16.7. The molecule has 110 valence electrons. The maximum atomic E-state index is 12.0. The van der Waals surface area contributed by atoms with Gasteiger partial charge in [-0.1, -0.05) is 57.1 Å². The molecule has 0 unspecified atom stereocenters. The molecule has 0 saturated heterocycles. The van der Waals surface area contributed by atoms with Crippen molar-refractivity contribution < 1.29 is 0 Å². The third kappa shape index (κ3) is 4.10. The lowest BCUT2D eigenvalue weighted by molar-refractivity contribution is 0.491. The second-order valence-electron chi connectivity index (χ2n) is 5.10. The van der Waals surface area contributed by atoms with Crippen LogP contribution in [-0.4, -0.2) is 20.0 Å². The number of nitrogens with zero attached hydrogens (tertiary/aromatic N) is 4.